The molecule has 0 atom stereocenters. The molecule has 110 valence electrons. The molecule has 1 saturated carbocycles. The van der Waals surface area contributed by atoms with Crippen LogP contribution in [0.25, 0.3) is 0 Å². The number of rotatable bonds is 6. The summed E-state index contributed by atoms with van der Waals surface area (Å²) in [6, 6.07) is 6.72. The van der Waals surface area contributed by atoms with Crippen LogP contribution in [0.1, 0.15) is 24.0 Å². The summed E-state index contributed by atoms with van der Waals surface area (Å²) in [4.78, 5) is 3.75. The van der Waals surface area contributed by atoms with Crippen LogP contribution >= 0.6 is 0 Å². The fourth-order valence-electron chi connectivity index (χ4n) is 2.09. The van der Waals surface area contributed by atoms with Crippen LogP contribution < -0.4 is 10.1 Å². The van der Waals surface area contributed by atoms with E-state index in [1.54, 1.807) is 6.07 Å². The third-order valence-electron chi connectivity index (χ3n) is 3.35. The van der Waals surface area contributed by atoms with E-state index in [9.17, 15) is 8.78 Å². The van der Waals surface area contributed by atoms with Gasteiger partial charge in [0.1, 0.15) is 12.4 Å². The van der Waals surface area contributed by atoms with Crippen LogP contribution in [0.15, 0.2) is 36.7 Å². The molecule has 1 fully saturated rings. The van der Waals surface area contributed by atoms with Crippen molar-refractivity contribution in [2.24, 2.45) is 0 Å². The van der Waals surface area contributed by atoms with Gasteiger partial charge in [-0.05, 0) is 25.0 Å². The van der Waals surface area contributed by atoms with Crippen LogP contribution in [0, 0.1) is 11.6 Å². The number of nitrogens with zero attached hydrogens (tertiary/aromatic N) is 1. The van der Waals surface area contributed by atoms with E-state index in [-0.39, 0.29) is 12.4 Å². The van der Waals surface area contributed by atoms with E-state index in [1.807, 2.05) is 6.07 Å². The molecule has 5 heteroatoms. The van der Waals surface area contributed by atoms with Crippen molar-refractivity contribution in [1.82, 2.24) is 10.3 Å². The highest BCUT2D eigenvalue weighted by Gasteiger charge is 2.21. The predicted molar refractivity (Wildman–Crippen MR) is 74.8 cm³/mol. The Bertz CT molecular complexity index is 629. The number of ether oxygens (including phenoxy) is 1. The van der Waals surface area contributed by atoms with Crippen LogP contribution in [-0.4, -0.2) is 11.0 Å². The number of hydrogen-bond acceptors (Lipinski definition) is 3. The molecule has 1 aromatic heterocycles. The Morgan fingerprint density at radius 3 is 2.86 bits per heavy atom. The second-order valence-corrected chi connectivity index (χ2v) is 5.18. The van der Waals surface area contributed by atoms with Gasteiger partial charge in [0, 0.05) is 29.9 Å². The summed E-state index contributed by atoms with van der Waals surface area (Å²) in [7, 11) is 0. The van der Waals surface area contributed by atoms with Crippen LogP contribution in [0.5, 0.6) is 5.75 Å². The van der Waals surface area contributed by atoms with Crippen molar-refractivity contribution in [3.8, 4) is 5.75 Å². The number of para-hydroxylation sites is 1. The first kappa shape index (κ1) is 13.9. The molecule has 1 aliphatic rings. The summed E-state index contributed by atoms with van der Waals surface area (Å²) in [5.74, 6) is -0.621. The van der Waals surface area contributed by atoms with Crippen LogP contribution in [0.4, 0.5) is 8.78 Å². The zero-order valence-electron chi connectivity index (χ0n) is 11.5. The molecule has 0 amide bonds. The topological polar surface area (TPSA) is 34.1 Å². The zero-order chi connectivity index (χ0) is 14.7. The van der Waals surface area contributed by atoms with Gasteiger partial charge in [0.2, 0.25) is 0 Å². The monoisotopic (exact) mass is 290 g/mol. The Kier molecular flexibility index (Phi) is 4.10. The fraction of sp³-hybridized carbons (Fsp3) is 0.312. The Hall–Kier alpha value is -2.01. The quantitative estimate of drug-likeness (QED) is 0.887. The Morgan fingerprint density at radius 2 is 2.10 bits per heavy atom. The summed E-state index contributed by atoms with van der Waals surface area (Å²) >= 11 is 0. The smallest absolute Gasteiger partial charge is 0.165 e. The van der Waals surface area contributed by atoms with Gasteiger partial charge < -0.3 is 10.1 Å². The van der Waals surface area contributed by atoms with Crippen molar-refractivity contribution in [3.63, 3.8) is 0 Å². The maximum absolute atomic E-state index is 13.9. The second kappa shape index (κ2) is 6.18. The molecule has 0 bridgehead atoms. The first-order valence-electron chi connectivity index (χ1n) is 6.95. The highest BCUT2D eigenvalue weighted by atomic mass is 19.1. The number of aromatic nitrogens is 1. The molecule has 1 aromatic carbocycles. The van der Waals surface area contributed by atoms with Gasteiger partial charge in [0.15, 0.2) is 11.6 Å². The van der Waals surface area contributed by atoms with Gasteiger partial charge in [-0.2, -0.15) is 0 Å². The minimum Gasteiger partial charge on any atom is -0.485 e. The van der Waals surface area contributed by atoms with E-state index in [0.29, 0.717) is 18.2 Å². The van der Waals surface area contributed by atoms with Crippen LogP contribution in [-0.2, 0) is 13.2 Å². The van der Waals surface area contributed by atoms with Crippen molar-refractivity contribution in [3.05, 3.63) is 59.4 Å². The number of benzene rings is 1. The van der Waals surface area contributed by atoms with Gasteiger partial charge in [-0.3, -0.25) is 4.98 Å². The molecule has 1 aliphatic carbocycles. The van der Waals surface area contributed by atoms with Gasteiger partial charge in [-0.25, -0.2) is 8.78 Å². The predicted octanol–water partition coefficient (Wildman–Crippen LogP) is 3.19. The Balaban J connectivity index is 1.70. The van der Waals surface area contributed by atoms with Gasteiger partial charge in [0.05, 0.1) is 6.20 Å². The van der Waals surface area contributed by atoms with Crippen molar-refractivity contribution >= 4 is 0 Å². The summed E-state index contributed by atoms with van der Waals surface area (Å²) in [5, 5.41) is 3.33. The van der Waals surface area contributed by atoms with E-state index in [0.717, 1.165) is 11.8 Å². The highest BCUT2D eigenvalue weighted by molar-refractivity contribution is 5.35. The minimum atomic E-state index is -0.430. The number of nitrogens with one attached hydrogen (secondary N) is 1. The molecule has 1 heterocycles. The van der Waals surface area contributed by atoms with Gasteiger partial charge in [-0.15, -0.1) is 0 Å². The summed E-state index contributed by atoms with van der Waals surface area (Å²) in [5.41, 5.74) is 1.34. The third kappa shape index (κ3) is 3.76. The van der Waals surface area contributed by atoms with Crippen LogP contribution in [0.2, 0.25) is 0 Å². The standard InChI is InChI=1S/C16H16F2N2O/c17-13-6-11(7-19-9-13)10-21-16-12(2-1-3-15(16)18)8-20-14-4-5-14/h1-3,6-7,9,14,20H,4-5,8,10H2. The number of hydrogen-bond donors (Lipinski definition) is 1. The number of halogens is 2. The van der Waals surface area contributed by atoms with Crippen molar-refractivity contribution in [2.75, 3.05) is 0 Å². The first-order valence-corrected chi connectivity index (χ1v) is 6.95. The van der Waals surface area contributed by atoms with Crippen molar-refractivity contribution < 1.29 is 13.5 Å². The maximum Gasteiger partial charge on any atom is 0.165 e. The lowest BCUT2D eigenvalue weighted by atomic mass is 10.2. The molecule has 1 N–H and O–H groups in total. The Labute approximate surface area is 122 Å². The van der Waals surface area contributed by atoms with Crippen molar-refractivity contribution in [1.29, 1.82) is 0 Å². The second-order valence-electron chi connectivity index (χ2n) is 5.18. The molecule has 0 saturated heterocycles. The highest BCUT2D eigenvalue weighted by Crippen LogP contribution is 2.26. The fourth-order valence-corrected chi connectivity index (χ4v) is 2.09. The average molecular weight is 290 g/mol. The molecule has 3 nitrogen and oxygen atoms in total. The summed E-state index contributed by atoms with van der Waals surface area (Å²) < 4.78 is 32.5. The minimum absolute atomic E-state index is 0.0854. The van der Waals surface area contributed by atoms with Gasteiger partial charge in [-0.1, -0.05) is 12.1 Å². The van der Waals surface area contributed by atoms with Gasteiger partial charge in [0.25, 0.3) is 0 Å². The van der Waals surface area contributed by atoms with E-state index in [4.69, 9.17) is 4.74 Å². The van der Waals surface area contributed by atoms with E-state index in [1.165, 1.54) is 31.2 Å². The lowest BCUT2D eigenvalue weighted by molar-refractivity contribution is 0.285. The maximum atomic E-state index is 13.9. The molecule has 3 rings (SSSR count). The molecule has 21 heavy (non-hydrogen) atoms. The van der Waals surface area contributed by atoms with Gasteiger partial charge >= 0.3 is 0 Å². The van der Waals surface area contributed by atoms with E-state index in [2.05, 4.69) is 10.3 Å². The molecule has 2 aromatic rings. The summed E-state index contributed by atoms with van der Waals surface area (Å²) in [6.07, 6.45) is 4.96. The van der Waals surface area contributed by atoms with E-state index >= 15 is 0 Å². The Morgan fingerprint density at radius 1 is 1.24 bits per heavy atom. The van der Waals surface area contributed by atoms with Crippen LogP contribution in [0.3, 0.4) is 0 Å². The largest absolute Gasteiger partial charge is 0.485 e. The van der Waals surface area contributed by atoms with E-state index < -0.39 is 11.6 Å². The lowest BCUT2D eigenvalue weighted by Gasteiger charge is -2.13. The molecular weight excluding hydrogens is 274 g/mol. The van der Waals surface area contributed by atoms with Crippen molar-refractivity contribution in [2.45, 2.75) is 32.0 Å². The number of pyridine rings is 1. The molecular formula is C16H16F2N2O. The average Bonchev–Trinajstić information content (AvgIpc) is 3.28. The SMILES string of the molecule is Fc1cncc(COc2c(F)cccc2CNC2CC2)c1. The normalized spacial score (nSPS) is 14.2. The molecule has 0 spiro atoms. The molecule has 0 unspecified atom stereocenters. The summed E-state index contributed by atoms with van der Waals surface area (Å²) in [6.45, 7) is 0.654. The third-order valence-corrected chi connectivity index (χ3v) is 3.35. The molecule has 0 radical (unpaired) electrons. The lowest BCUT2D eigenvalue weighted by Crippen LogP contribution is -2.16. The first-order chi connectivity index (χ1) is 10.2. The molecule has 0 aliphatic heterocycles. The zero-order valence-corrected chi connectivity index (χ0v) is 11.5.